The summed E-state index contributed by atoms with van der Waals surface area (Å²) < 4.78 is 16.6. The summed E-state index contributed by atoms with van der Waals surface area (Å²) in [6.45, 7) is 7.93. The van der Waals surface area contributed by atoms with Crippen molar-refractivity contribution in [2.75, 3.05) is 25.1 Å². The first kappa shape index (κ1) is 27.3. The van der Waals surface area contributed by atoms with Crippen LogP contribution in [-0.2, 0) is 14.3 Å². The molecule has 0 fully saturated rings. The van der Waals surface area contributed by atoms with E-state index in [0.29, 0.717) is 41.5 Å². The second-order valence-corrected chi connectivity index (χ2v) is 8.30. The van der Waals surface area contributed by atoms with E-state index in [9.17, 15) is 14.4 Å². The number of anilines is 1. The molecule has 2 amide bonds. The minimum atomic E-state index is -1.19. The van der Waals surface area contributed by atoms with E-state index in [1.165, 1.54) is 0 Å². The molecule has 0 aliphatic rings. The van der Waals surface area contributed by atoms with Crippen LogP contribution in [0.15, 0.2) is 66.7 Å². The molecule has 0 aliphatic carbocycles. The summed E-state index contributed by atoms with van der Waals surface area (Å²) in [5.41, 5.74) is 3.31. The summed E-state index contributed by atoms with van der Waals surface area (Å²) >= 11 is 0. The molecule has 0 radical (unpaired) electrons. The first-order valence-corrected chi connectivity index (χ1v) is 12.1. The molecule has 3 rings (SSSR count). The quantitative estimate of drug-likeness (QED) is 0.365. The second kappa shape index (κ2) is 13.1. The summed E-state index contributed by atoms with van der Waals surface area (Å²) in [4.78, 5) is 38.5. The van der Waals surface area contributed by atoms with E-state index in [-0.39, 0.29) is 0 Å². The zero-order chi connectivity index (χ0) is 26.8. The van der Waals surface area contributed by atoms with Crippen LogP contribution < -0.4 is 20.1 Å². The van der Waals surface area contributed by atoms with E-state index in [2.05, 4.69) is 10.6 Å². The molecular formula is C29H32N2O6. The Kier molecular flexibility index (Phi) is 9.66. The third kappa shape index (κ3) is 7.57. The predicted octanol–water partition coefficient (Wildman–Crippen LogP) is 4.75. The maximum Gasteiger partial charge on any atom is 0.326 e. The summed E-state index contributed by atoms with van der Waals surface area (Å²) in [6, 6.07) is 19.2. The number of esters is 1. The maximum atomic E-state index is 13.2. The van der Waals surface area contributed by atoms with Crippen LogP contribution in [-0.4, -0.2) is 37.5 Å². The highest BCUT2D eigenvalue weighted by Crippen LogP contribution is 2.28. The molecule has 8 heteroatoms. The fraction of sp³-hybridized carbons (Fsp3) is 0.276. The van der Waals surface area contributed by atoms with Gasteiger partial charge in [-0.3, -0.25) is 14.4 Å². The molecule has 3 aromatic carbocycles. The number of carbonyl (C=O) groups excluding carboxylic acids is 3. The fourth-order valence-electron chi connectivity index (χ4n) is 3.59. The summed E-state index contributed by atoms with van der Waals surface area (Å²) in [5, 5.41) is 5.39. The minimum absolute atomic E-state index is 0.298. The van der Waals surface area contributed by atoms with Crippen LogP contribution in [0.3, 0.4) is 0 Å². The molecule has 3 aromatic rings. The molecule has 2 N–H and O–H groups in total. The first-order chi connectivity index (χ1) is 17.8. The Labute approximate surface area is 216 Å². The van der Waals surface area contributed by atoms with E-state index in [1.807, 2.05) is 45.9 Å². The number of hydrogen-bond acceptors (Lipinski definition) is 6. The van der Waals surface area contributed by atoms with Crippen molar-refractivity contribution in [3.63, 3.8) is 0 Å². The van der Waals surface area contributed by atoms with Crippen LogP contribution in [0.2, 0.25) is 0 Å². The summed E-state index contributed by atoms with van der Waals surface area (Å²) in [7, 11) is 0. The van der Waals surface area contributed by atoms with E-state index in [1.54, 1.807) is 48.5 Å². The van der Waals surface area contributed by atoms with Gasteiger partial charge in [-0.15, -0.1) is 0 Å². The topological polar surface area (TPSA) is 103 Å². The summed E-state index contributed by atoms with van der Waals surface area (Å²) in [5.74, 6) is -0.772. The van der Waals surface area contributed by atoms with Gasteiger partial charge in [0.25, 0.3) is 11.8 Å². The SMILES string of the molecule is CCOc1ccc(C(=O)NCC(=O)OC(C(=O)Nc2cc(C)ccc2C)c2ccccc2)cc1OCC. The number of rotatable bonds is 11. The third-order valence-electron chi connectivity index (χ3n) is 5.44. The lowest BCUT2D eigenvalue weighted by Gasteiger charge is -2.19. The zero-order valence-corrected chi connectivity index (χ0v) is 21.5. The Morgan fingerprint density at radius 1 is 0.838 bits per heavy atom. The lowest BCUT2D eigenvalue weighted by Crippen LogP contribution is -2.33. The van der Waals surface area contributed by atoms with Crippen molar-refractivity contribution in [2.45, 2.75) is 33.8 Å². The largest absolute Gasteiger partial charge is 0.490 e. The highest BCUT2D eigenvalue weighted by atomic mass is 16.5. The highest BCUT2D eigenvalue weighted by molar-refractivity contribution is 5.98. The van der Waals surface area contributed by atoms with Gasteiger partial charge in [-0.05, 0) is 63.1 Å². The van der Waals surface area contributed by atoms with E-state index >= 15 is 0 Å². The Bertz CT molecular complexity index is 1240. The molecule has 1 atom stereocenters. The normalized spacial score (nSPS) is 11.2. The van der Waals surface area contributed by atoms with Gasteiger partial charge in [-0.1, -0.05) is 42.5 Å². The molecule has 1 unspecified atom stereocenters. The molecule has 0 saturated heterocycles. The van der Waals surface area contributed by atoms with Crippen molar-refractivity contribution in [2.24, 2.45) is 0 Å². The minimum Gasteiger partial charge on any atom is -0.490 e. The second-order valence-electron chi connectivity index (χ2n) is 8.30. The highest BCUT2D eigenvalue weighted by Gasteiger charge is 2.26. The molecule has 0 heterocycles. The molecule has 0 bridgehead atoms. The number of aryl methyl sites for hydroxylation is 2. The number of benzene rings is 3. The smallest absolute Gasteiger partial charge is 0.326 e. The number of carbonyl (C=O) groups is 3. The molecule has 0 spiro atoms. The zero-order valence-electron chi connectivity index (χ0n) is 21.5. The lowest BCUT2D eigenvalue weighted by atomic mass is 10.1. The number of amides is 2. The van der Waals surface area contributed by atoms with Gasteiger partial charge >= 0.3 is 5.97 Å². The van der Waals surface area contributed by atoms with Gasteiger partial charge in [0.1, 0.15) is 6.54 Å². The van der Waals surface area contributed by atoms with Gasteiger partial charge in [0, 0.05) is 16.8 Å². The van der Waals surface area contributed by atoms with E-state index in [0.717, 1.165) is 11.1 Å². The Morgan fingerprint density at radius 2 is 1.54 bits per heavy atom. The van der Waals surface area contributed by atoms with Crippen LogP contribution in [0.5, 0.6) is 11.5 Å². The molecule has 0 aliphatic heterocycles. The molecule has 37 heavy (non-hydrogen) atoms. The van der Waals surface area contributed by atoms with Gasteiger partial charge in [0.05, 0.1) is 13.2 Å². The number of ether oxygens (including phenoxy) is 3. The van der Waals surface area contributed by atoms with Crippen molar-refractivity contribution in [3.8, 4) is 11.5 Å². The van der Waals surface area contributed by atoms with Gasteiger partial charge in [-0.25, -0.2) is 0 Å². The van der Waals surface area contributed by atoms with Gasteiger partial charge in [0.15, 0.2) is 11.5 Å². The van der Waals surface area contributed by atoms with Crippen molar-refractivity contribution >= 4 is 23.5 Å². The molecular weight excluding hydrogens is 472 g/mol. The molecule has 0 aromatic heterocycles. The maximum absolute atomic E-state index is 13.2. The van der Waals surface area contributed by atoms with Crippen LogP contribution in [0.4, 0.5) is 5.69 Å². The predicted molar refractivity (Wildman–Crippen MR) is 141 cm³/mol. The van der Waals surface area contributed by atoms with Crippen molar-refractivity contribution in [1.82, 2.24) is 5.32 Å². The lowest BCUT2D eigenvalue weighted by molar-refractivity contribution is -0.153. The van der Waals surface area contributed by atoms with Crippen LogP contribution in [0.25, 0.3) is 0 Å². The third-order valence-corrected chi connectivity index (χ3v) is 5.44. The Hall–Kier alpha value is -4.33. The van der Waals surface area contributed by atoms with E-state index < -0.39 is 30.4 Å². The van der Waals surface area contributed by atoms with Crippen molar-refractivity contribution in [3.05, 3.63) is 89.0 Å². The van der Waals surface area contributed by atoms with Gasteiger partial charge in [-0.2, -0.15) is 0 Å². The number of hydrogen-bond donors (Lipinski definition) is 2. The van der Waals surface area contributed by atoms with Crippen molar-refractivity contribution < 1.29 is 28.6 Å². The average Bonchev–Trinajstić information content (AvgIpc) is 2.89. The molecule has 0 saturated carbocycles. The van der Waals surface area contributed by atoms with Gasteiger partial charge < -0.3 is 24.8 Å². The average molecular weight is 505 g/mol. The Morgan fingerprint density at radius 3 is 2.24 bits per heavy atom. The monoisotopic (exact) mass is 504 g/mol. The fourth-order valence-corrected chi connectivity index (χ4v) is 3.59. The molecule has 8 nitrogen and oxygen atoms in total. The first-order valence-electron chi connectivity index (χ1n) is 12.1. The van der Waals surface area contributed by atoms with E-state index in [4.69, 9.17) is 14.2 Å². The van der Waals surface area contributed by atoms with Gasteiger partial charge in [0.2, 0.25) is 6.10 Å². The standard InChI is InChI=1S/C29H32N2O6/c1-5-35-24-15-14-22(17-25(24)36-6-2)28(33)30-18-26(32)37-27(21-10-8-7-9-11-21)29(34)31-23-16-19(3)12-13-20(23)4/h7-17,27H,5-6,18H2,1-4H3,(H,30,33)(H,31,34). The molecule has 194 valence electrons. The van der Waals surface area contributed by atoms with Crippen LogP contribution in [0, 0.1) is 13.8 Å². The number of nitrogens with one attached hydrogen (secondary N) is 2. The Balaban J connectivity index is 1.69. The van der Waals surface area contributed by atoms with Crippen molar-refractivity contribution in [1.29, 1.82) is 0 Å². The van der Waals surface area contributed by atoms with Crippen LogP contribution in [0.1, 0.15) is 47.0 Å². The van der Waals surface area contributed by atoms with Crippen LogP contribution >= 0.6 is 0 Å². The summed E-state index contributed by atoms with van der Waals surface area (Å²) in [6.07, 6.45) is -1.19.